The standard InChI is InChI=1S/C10H11NO/c1-12-10(11)8-7-9-5-3-2-4-6-9/h2-8,11H,1H3. The molecule has 0 saturated heterocycles. The average molecular weight is 161 g/mol. The van der Waals surface area contributed by atoms with Gasteiger partial charge < -0.3 is 4.74 Å². The molecule has 1 aromatic rings. The van der Waals surface area contributed by atoms with Gasteiger partial charge in [0.05, 0.1) is 7.11 Å². The number of benzene rings is 1. The Balaban J connectivity index is 2.64. The van der Waals surface area contributed by atoms with E-state index >= 15 is 0 Å². The van der Waals surface area contributed by atoms with E-state index in [2.05, 4.69) is 4.74 Å². The van der Waals surface area contributed by atoms with Crippen LogP contribution in [0, 0.1) is 5.41 Å². The van der Waals surface area contributed by atoms with Gasteiger partial charge in [-0.2, -0.15) is 0 Å². The highest BCUT2D eigenvalue weighted by molar-refractivity contribution is 5.89. The van der Waals surface area contributed by atoms with Crippen LogP contribution in [0.2, 0.25) is 0 Å². The van der Waals surface area contributed by atoms with E-state index in [0.29, 0.717) is 0 Å². The lowest BCUT2D eigenvalue weighted by molar-refractivity contribution is 0.403. The van der Waals surface area contributed by atoms with E-state index in [1.165, 1.54) is 7.11 Å². The molecule has 0 bridgehead atoms. The second-order valence-electron chi connectivity index (χ2n) is 2.31. The topological polar surface area (TPSA) is 33.1 Å². The summed E-state index contributed by atoms with van der Waals surface area (Å²) in [6, 6.07) is 9.81. The molecular formula is C10H11NO. The molecule has 0 unspecified atom stereocenters. The van der Waals surface area contributed by atoms with Crippen molar-refractivity contribution in [3.63, 3.8) is 0 Å². The van der Waals surface area contributed by atoms with Crippen LogP contribution in [0.4, 0.5) is 0 Å². The molecule has 0 radical (unpaired) electrons. The molecule has 0 aromatic heterocycles. The largest absolute Gasteiger partial charge is 0.481 e. The monoisotopic (exact) mass is 161 g/mol. The molecule has 0 aliphatic carbocycles. The third-order valence-corrected chi connectivity index (χ3v) is 1.45. The van der Waals surface area contributed by atoms with Gasteiger partial charge in [0.1, 0.15) is 0 Å². The summed E-state index contributed by atoms with van der Waals surface area (Å²) in [6.07, 6.45) is 3.46. The van der Waals surface area contributed by atoms with Crippen molar-refractivity contribution in [1.82, 2.24) is 0 Å². The van der Waals surface area contributed by atoms with Crippen LogP contribution in [-0.2, 0) is 4.74 Å². The minimum absolute atomic E-state index is 0.166. The SMILES string of the molecule is COC(=N)C=Cc1ccccc1. The molecule has 0 fully saturated rings. The zero-order valence-corrected chi connectivity index (χ0v) is 6.95. The third-order valence-electron chi connectivity index (χ3n) is 1.45. The maximum absolute atomic E-state index is 7.18. The zero-order valence-electron chi connectivity index (χ0n) is 6.95. The molecule has 2 nitrogen and oxygen atoms in total. The van der Waals surface area contributed by atoms with Crippen LogP contribution >= 0.6 is 0 Å². The highest BCUT2D eigenvalue weighted by Gasteiger charge is 1.85. The molecule has 1 aromatic carbocycles. The van der Waals surface area contributed by atoms with Crippen molar-refractivity contribution in [3.8, 4) is 0 Å². The Labute approximate surface area is 72.0 Å². The zero-order chi connectivity index (χ0) is 8.81. The highest BCUT2D eigenvalue weighted by atomic mass is 16.5. The van der Waals surface area contributed by atoms with E-state index in [1.54, 1.807) is 6.08 Å². The Hall–Kier alpha value is -1.57. The second-order valence-corrected chi connectivity index (χ2v) is 2.31. The van der Waals surface area contributed by atoms with E-state index in [9.17, 15) is 0 Å². The van der Waals surface area contributed by atoms with Gasteiger partial charge in [0.2, 0.25) is 5.90 Å². The predicted octanol–water partition coefficient (Wildman–Crippen LogP) is 2.32. The molecule has 1 N–H and O–H groups in total. The van der Waals surface area contributed by atoms with E-state index < -0.39 is 0 Å². The molecule has 2 heteroatoms. The molecule has 1 rings (SSSR count). The lowest BCUT2D eigenvalue weighted by atomic mass is 10.2. The van der Waals surface area contributed by atoms with Crippen molar-refractivity contribution in [1.29, 1.82) is 5.41 Å². The van der Waals surface area contributed by atoms with E-state index in [4.69, 9.17) is 5.41 Å². The Kier molecular flexibility index (Phi) is 3.08. The number of hydrogen-bond acceptors (Lipinski definition) is 2. The maximum Gasteiger partial charge on any atom is 0.205 e. The fourth-order valence-corrected chi connectivity index (χ4v) is 0.804. The smallest absolute Gasteiger partial charge is 0.205 e. The van der Waals surface area contributed by atoms with Gasteiger partial charge in [0, 0.05) is 6.08 Å². The van der Waals surface area contributed by atoms with E-state index in [0.717, 1.165) is 5.56 Å². The fraction of sp³-hybridized carbons (Fsp3) is 0.100. The number of methoxy groups -OCH3 is 1. The van der Waals surface area contributed by atoms with Crippen molar-refractivity contribution < 1.29 is 4.74 Å². The van der Waals surface area contributed by atoms with E-state index in [1.807, 2.05) is 36.4 Å². The van der Waals surface area contributed by atoms with Crippen LogP contribution in [0.5, 0.6) is 0 Å². The van der Waals surface area contributed by atoms with E-state index in [-0.39, 0.29) is 5.90 Å². The van der Waals surface area contributed by atoms with Gasteiger partial charge in [-0.25, -0.2) is 0 Å². The number of ether oxygens (including phenoxy) is 1. The van der Waals surface area contributed by atoms with Crippen LogP contribution in [0.15, 0.2) is 36.4 Å². The molecule has 0 atom stereocenters. The van der Waals surface area contributed by atoms with Gasteiger partial charge in [-0.15, -0.1) is 0 Å². The Morgan fingerprint density at radius 3 is 2.58 bits per heavy atom. The quantitative estimate of drug-likeness (QED) is 0.524. The predicted molar refractivity (Wildman–Crippen MR) is 50.2 cm³/mol. The maximum atomic E-state index is 7.18. The van der Waals surface area contributed by atoms with Gasteiger partial charge in [-0.1, -0.05) is 30.3 Å². The Bertz CT molecular complexity index is 277. The van der Waals surface area contributed by atoms with Crippen molar-refractivity contribution in [2.45, 2.75) is 0 Å². The van der Waals surface area contributed by atoms with Crippen LogP contribution in [0.25, 0.3) is 6.08 Å². The molecular weight excluding hydrogens is 150 g/mol. The second kappa shape index (κ2) is 4.34. The summed E-state index contributed by atoms with van der Waals surface area (Å²) >= 11 is 0. The van der Waals surface area contributed by atoms with Gasteiger partial charge >= 0.3 is 0 Å². The van der Waals surface area contributed by atoms with Crippen LogP contribution < -0.4 is 0 Å². The molecule has 0 saturated carbocycles. The highest BCUT2D eigenvalue weighted by Crippen LogP contribution is 2.00. The number of hydrogen-bond donors (Lipinski definition) is 1. The minimum Gasteiger partial charge on any atom is -0.481 e. The fourth-order valence-electron chi connectivity index (χ4n) is 0.804. The van der Waals surface area contributed by atoms with Gasteiger partial charge in [-0.3, -0.25) is 5.41 Å². The molecule has 0 heterocycles. The van der Waals surface area contributed by atoms with Crippen molar-refractivity contribution in [2.24, 2.45) is 0 Å². The molecule has 0 spiro atoms. The normalized spacial score (nSPS) is 10.1. The van der Waals surface area contributed by atoms with Gasteiger partial charge in [0.15, 0.2) is 0 Å². The summed E-state index contributed by atoms with van der Waals surface area (Å²) in [7, 11) is 1.48. The first-order valence-corrected chi connectivity index (χ1v) is 3.68. The van der Waals surface area contributed by atoms with Crippen LogP contribution in [0.3, 0.4) is 0 Å². The molecule has 0 aliphatic rings. The summed E-state index contributed by atoms with van der Waals surface area (Å²) in [5.74, 6) is 0.166. The van der Waals surface area contributed by atoms with Crippen LogP contribution in [-0.4, -0.2) is 13.0 Å². The van der Waals surface area contributed by atoms with Gasteiger partial charge in [-0.05, 0) is 11.6 Å². The first-order valence-electron chi connectivity index (χ1n) is 3.68. The van der Waals surface area contributed by atoms with Gasteiger partial charge in [0.25, 0.3) is 0 Å². The summed E-state index contributed by atoms with van der Waals surface area (Å²) in [4.78, 5) is 0. The number of nitrogens with one attached hydrogen (secondary N) is 1. The first-order chi connectivity index (χ1) is 5.83. The van der Waals surface area contributed by atoms with Crippen molar-refractivity contribution >= 4 is 12.0 Å². The van der Waals surface area contributed by atoms with Crippen molar-refractivity contribution in [3.05, 3.63) is 42.0 Å². The lowest BCUT2D eigenvalue weighted by Crippen LogP contribution is -1.91. The summed E-state index contributed by atoms with van der Waals surface area (Å²) in [5.41, 5.74) is 1.07. The molecule has 0 aliphatic heterocycles. The molecule has 0 amide bonds. The Morgan fingerprint density at radius 2 is 2.00 bits per heavy atom. The minimum atomic E-state index is 0.166. The summed E-state index contributed by atoms with van der Waals surface area (Å²) < 4.78 is 4.67. The number of rotatable bonds is 2. The summed E-state index contributed by atoms with van der Waals surface area (Å²) in [6.45, 7) is 0. The van der Waals surface area contributed by atoms with Crippen molar-refractivity contribution in [2.75, 3.05) is 7.11 Å². The molecule has 12 heavy (non-hydrogen) atoms. The Morgan fingerprint density at radius 1 is 1.33 bits per heavy atom. The van der Waals surface area contributed by atoms with Crippen LogP contribution in [0.1, 0.15) is 5.56 Å². The average Bonchev–Trinajstić information content (AvgIpc) is 2.16. The lowest BCUT2D eigenvalue weighted by Gasteiger charge is -1.93. The third kappa shape index (κ3) is 2.58. The first kappa shape index (κ1) is 8.53. The summed E-state index contributed by atoms with van der Waals surface area (Å²) in [5, 5.41) is 7.18. The molecule has 62 valence electrons.